The van der Waals surface area contributed by atoms with E-state index in [1.165, 1.54) is 6.07 Å². The molecule has 0 radical (unpaired) electrons. The lowest BCUT2D eigenvalue weighted by Gasteiger charge is -2.05. The molecule has 6 nitrogen and oxygen atoms in total. The van der Waals surface area contributed by atoms with E-state index in [2.05, 4.69) is 15.0 Å². The lowest BCUT2D eigenvalue weighted by atomic mass is 10.4. The number of nitrogen functional groups attached to an aromatic ring is 2. The van der Waals surface area contributed by atoms with E-state index < -0.39 is 0 Å². The molecule has 2 aromatic heterocycles. The third-order valence-corrected chi connectivity index (χ3v) is 1.85. The Balaban J connectivity index is 2.23. The molecule has 0 spiro atoms. The van der Waals surface area contributed by atoms with Crippen molar-refractivity contribution in [3.05, 3.63) is 30.1 Å². The highest BCUT2D eigenvalue weighted by Gasteiger charge is 2.02. The molecule has 4 N–H and O–H groups in total. The fourth-order valence-corrected chi connectivity index (χ4v) is 1.15. The van der Waals surface area contributed by atoms with Gasteiger partial charge in [0.25, 0.3) is 0 Å². The van der Waals surface area contributed by atoms with Crippen LogP contribution in [0.4, 0.5) is 11.8 Å². The van der Waals surface area contributed by atoms with Crippen molar-refractivity contribution in [2.75, 3.05) is 11.5 Å². The van der Waals surface area contributed by atoms with Gasteiger partial charge in [0, 0.05) is 11.8 Å². The zero-order valence-corrected chi connectivity index (χ0v) is 8.71. The van der Waals surface area contributed by atoms with E-state index in [1.54, 1.807) is 12.3 Å². The van der Waals surface area contributed by atoms with Gasteiger partial charge >= 0.3 is 0 Å². The highest BCUT2D eigenvalue weighted by Crippen LogP contribution is 2.20. The SMILES string of the molecule is Cc1ccc(Oc2cc(N)nc(N)n2)cn1. The van der Waals surface area contributed by atoms with Crippen LogP contribution >= 0.6 is 0 Å². The van der Waals surface area contributed by atoms with Gasteiger partial charge in [-0.05, 0) is 19.1 Å². The maximum Gasteiger partial charge on any atom is 0.226 e. The maximum atomic E-state index is 5.51. The second kappa shape index (κ2) is 4.01. The summed E-state index contributed by atoms with van der Waals surface area (Å²) in [5, 5.41) is 0. The van der Waals surface area contributed by atoms with Crippen molar-refractivity contribution in [2.45, 2.75) is 6.92 Å². The summed E-state index contributed by atoms with van der Waals surface area (Å²) in [5.74, 6) is 1.22. The first kappa shape index (κ1) is 10.2. The van der Waals surface area contributed by atoms with Crippen LogP contribution in [0.2, 0.25) is 0 Å². The molecule has 6 heteroatoms. The number of aromatic nitrogens is 3. The van der Waals surface area contributed by atoms with Crippen molar-refractivity contribution in [3.63, 3.8) is 0 Å². The van der Waals surface area contributed by atoms with Crippen LogP contribution in [0.3, 0.4) is 0 Å². The highest BCUT2D eigenvalue weighted by atomic mass is 16.5. The molecule has 0 amide bonds. The molecular formula is C10H11N5O. The van der Waals surface area contributed by atoms with E-state index in [4.69, 9.17) is 16.2 Å². The molecule has 2 rings (SSSR count). The van der Waals surface area contributed by atoms with E-state index in [0.29, 0.717) is 11.6 Å². The molecule has 0 fully saturated rings. The molecule has 2 heterocycles. The number of pyridine rings is 1. The van der Waals surface area contributed by atoms with Gasteiger partial charge in [0.05, 0.1) is 6.20 Å². The largest absolute Gasteiger partial charge is 0.437 e. The number of aryl methyl sites for hydroxylation is 1. The molecule has 0 aliphatic rings. The first-order valence-electron chi connectivity index (χ1n) is 4.64. The van der Waals surface area contributed by atoms with Gasteiger partial charge in [-0.1, -0.05) is 0 Å². The monoisotopic (exact) mass is 217 g/mol. The number of ether oxygens (including phenoxy) is 1. The van der Waals surface area contributed by atoms with Crippen molar-refractivity contribution in [2.24, 2.45) is 0 Å². The Hall–Kier alpha value is -2.37. The summed E-state index contributed by atoms with van der Waals surface area (Å²) in [6, 6.07) is 5.12. The molecule has 0 saturated carbocycles. The van der Waals surface area contributed by atoms with Gasteiger partial charge in [-0.2, -0.15) is 9.97 Å². The average molecular weight is 217 g/mol. The van der Waals surface area contributed by atoms with Crippen LogP contribution in [-0.2, 0) is 0 Å². The van der Waals surface area contributed by atoms with Gasteiger partial charge in [-0.15, -0.1) is 0 Å². The van der Waals surface area contributed by atoms with Crippen LogP contribution < -0.4 is 16.2 Å². The maximum absolute atomic E-state index is 5.51. The summed E-state index contributed by atoms with van der Waals surface area (Å²) in [7, 11) is 0. The van der Waals surface area contributed by atoms with E-state index in [1.807, 2.05) is 13.0 Å². The van der Waals surface area contributed by atoms with Crippen molar-refractivity contribution < 1.29 is 4.74 Å². The van der Waals surface area contributed by atoms with Crippen LogP contribution in [0.15, 0.2) is 24.4 Å². The number of hydrogen-bond acceptors (Lipinski definition) is 6. The topological polar surface area (TPSA) is 99.9 Å². The number of hydrogen-bond donors (Lipinski definition) is 2. The molecule has 0 aliphatic carbocycles. The van der Waals surface area contributed by atoms with E-state index in [9.17, 15) is 0 Å². The van der Waals surface area contributed by atoms with Crippen LogP contribution in [0.5, 0.6) is 11.6 Å². The third-order valence-electron chi connectivity index (χ3n) is 1.85. The van der Waals surface area contributed by atoms with Crippen molar-refractivity contribution in [1.82, 2.24) is 15.0 Å². The first-order chi connectivity index (χ1) is 7.63. The zero-order chi connectivity index (χ0) is 11.5. The first-order valence-corrected chi connectivity index (χ1v) is 4.64. The molecule has 82 valence electrons. The highest BCUT2D eigenvalue weighted by molar-refractivity contribution is 5.39. The quantitative estimate of drug-likeness (QED) is 0.782. The fraction of sp³-hybridized carbons (Fsp3) is 0.100. The van der Waals surface area contributed by atoms with E-state index in [0.717, 1.165) is 5.69 Å². The van der Waals surface area contributed by atoms with Crippen LogP contribution in [0.25, 0.3) is 0 Å². The summed E-state index contributed by atoms with van der Waals surface area (Å²) < 4.78 is 5.42. The standard InChI is InChI=1S/C10H11N5O/c1-6-2-3-7(5-13-6)16-9-4-8(11)14-10(12)15-9/h2-5H,1H3,(H4,11,12,14,15). The van der Waals surface area contributed by atoms with Crippen molar-refractivity contribution in [3.8, 4) is 11.6 Å². The average Bonchev–Trinajstić information content (AvgIpc) is 2.20. The molecule has 0 saturated heterocycles. The lowest BCUT2D eigenvalue weighted by Crippen LogP contribution is -2.00. The van der Waals surface area contributed by atoms with Gasteiger partial charge in [0.15, 0.2) is 0 Å². The molecule has 2 aromatic rings. The summed E-state index contributed by atoms with van der Waals surface area (Å²) in [4.78, 5) is 11.7. The molecule has 0 aromatic carbocycles. The van der Waals surface area contributed by atoms with E-state index >= 15 is 0 Å². The minimum absolute atomic E-state index is 0.0788. The normalized spacial score (nSPS) is 10.1. The van der Waals surface area contributed by atoms with E-state index in [-0.39, 0.29) is 11.8 Å². The summed E-state index contributed by atoms with van der Waals surface area (Å²) >= 11 is 0. The molecule has 0 aliphatic heterocycles. The van der Waals surface area contributed by atoms with Gasteiger partial charge in [-0.25, -0.2) is 0 Å². The number of anilines is 2. The van der Waals surface area contributed by atoms with Crippen molar-refractivity contribution in [1.29, 1.82) is 0 Å². The zero-order valence-electron chi connectivity index (χ0n) is 8.71. The molecule has 0 atom stereocenters. The number of nitrogens with two attached hydrogens (primary N) is 2. The molecule has 0 bridgehead atoms. The lowest BCUT2D eigenvalue weighted by molar-refractivity contribution is 0.460. The van der Waals surface area contributed by atoms with Crippen LogP contribution in [-0.4, -0.2) is 15.0 Å². The fourth-order valence-electron chi connectivity index (χ4n) is 1.15. The Morgan fingerprint density at radius 2 is 2.00 bits per heavy atom. The molecule has 16 heavy (non-hydrogen) atoms. The van der Waals surface area contributed by atoms with Crippen LogP contribution in [0.1, 0.15) is 5.69 Å². The second-order valence-corrected chi connectivity index (χ2v) is 3.23. The smallest absolute Gasteiger partial charge is 0.226 e. The predicted octanol–water partition coefficient (Wildman–Crippen LogP) is 1.14. The minimum Gasteiger partial charge on any atom is -0.437 e. The summed E-state index contributed by atoms with van der Waals surface area (Å²) in [5.41, 5.74) is 11.9. The Kier molecular flexibility index (Phi) is 2.55. The Morgan fingerprint density at radius 1 is 1.19 bits per heavy atom. The minimum atomic E-state index is 0.0788. The molecular weight excluding hydrogens is 206 g/mol. The Bertz CT molecular complexity index is 477. The second-order valence-electron chi connectivity index (χ2n) is 3.23. The number of rotatable bonds is 2. The van der Waals surface area contributed by atoms with Crippen LogP contribution in [0, 0.1) is 6.92 Å². The summed E-state index contributed by atoms with van der Waals surface area (Å²) in [6.45, 7) is 1.89. The van der Waals surface area contributed by atoms with Gasteiger partial charge in [0.2, 0.25) is 11.8 Å². The molecule has 0 unspecified atom stereocenters. The van der Waals surface area contributed by atoms with Gasteiger partial charge < -0.3 is 16.2 Å². The van der Waals surface area contributed by atoms with Crippen molar-refractivity contribution >= 4 is 11.8 Å². The Morgan fingerprint density at radius 3 is 2.62 bits per heavy atom. The Labute approximate surface area is 92.3 Å². The third kappa shape index (κ3) is 2.35. The van der Waals surface area contributed by atoms with Gasteiger partial charge in [-0.3, -0.25) is 4.98 Å². The summed E-state index contributed by atoms with van der Waals surface area (Å²) in [6.07, 6.45) is 1.60. The number of nitrogens with zero attached hydrogens (tertiary/aromatic N) is 3. The predicted molar refractivity (Wildman–Crippen MR) is 59.9 cm³/mol. The van der Waals surface area contributed by atoms with Gasteiger partial charge in [0.1, 0.15) is 11.6 Å².